The maximum atomic E-state index is 13.5. The molecular weight excluding hydrogens is 237 g/mol. The third-order valence-corrected chi connectivity index (χ3v) is 3.31. The quantitative estimate of drug-likeness (QED) is 0.767. The predicted octanol–water partition coefficient (Wildman–Crippen LogP) is 0.363. The van der Waals surface area contributed by atoms with Gasteiger partial charge in [-0.1, -0.05) is 6.07 Å². The fourth-order valence-corrected chi connectivity index (χ4v) is 2.41. The lowest BCUT2D eigenvalue weighted by atomic mass is 10.2. The predicted molar refractivity (Wildman–Crippen MR) is 65.3 cm³/mol. The number of benzene rings is 1. The summed E-state index contributed by atoms with van der Waals surface area (Å²) in [5, 5.41) is 3.31. The normalized spacial score (nSPS) is 19.5. The second-order valence-electron chi connectivity index (χ2n) is 4.41. The van der Waals surface area contributed by atoms with E-state index >= 15 is 0 Å². The Bertz CT molecular complexity index is 713. The van der Waals surface area contributed by atoms with Gasteiger partial charge in [-0.3, -0.25) is 9.36 Å². The second-order valence-corrected chi connectivity index (χ2v) is 4.41. The van der Waals surface area contributed by atoms with Crippen LogP contribution in [0.25, 0.3) is 10.9 Å². The van der Waals surface area contributed by atoms with Gasteiger partial charge in [-0.05, 0) is 25.1 Å². The van der Waals surface area contributed by atoms with Crippen LogP contribution in [0, 0.1) is 5.82 Å². The van der Waals surface area contributed by atoms with Crippen molar-refractivity contribution in [3.05, 3.63) is 44.9 Å². The Morgan fingerprint density at radius 2 is 2.17 bits per heavy atom. The molecule has 1 aliphatic heterocycles. The largest absolute Gasteiger partial charge is 0.329 e. The maximum Gasteiger partial charge on any atom is 0.329 e. The number of aromatic nitrogens is 2. The monoisotopic (exact) mass is 249 g/mol. The van der Waals surface area contributed by atoms with Gasteiger partial charge < -0.3 is 10.3 Å². The highest BCUT2D eigenvalue weighted by Crippen LogP contribution is 2.13. The number of hydrogen-bond acceptors (Lipinski definition) is 3. The molecule has 18 heavy (non-hydrogen) atoms. The molecule has 1 aromatic heterocycles. The average Bonchev–Trinajstić information content (AvgIpc) is 2.84. The van der Waals surface area contributed by atoms with E-state index in [1.54, 1.807) is 0 Å². The van der Waals surface area contributed by atoms with Gasteiger partial charge in [0.05, 0.1) is 16.9 Å². The van der Waals surface area contributed by atoms with E-state index in [0.29, 0.717) is 6.54 Å². The Morgan fingerprint density at radius 1 is 1.33 bits per heavy atom. The summed E-state index contributed by atoms with van der Waals surface area (Å²) in [6.07, 6.45) is 0.726. The minimum Gasteiger partial charge on any atom is -0.315 e. The Morgan fingerprint density at radius 3 is 2.89 bits per heavy atom. The zero-order chi connectivity index (χ0) is 12.7. The van der Waals surface area contributed by atoms with E-state index in [9.17, 15) is 14.0 Å². The zero-order valence-corrected chi connectivity index (χ0v) is 9.57. The first-order valence-electron chi connectivity index (χ1n) is 5.82. The lowest BCUT2D eigenvalue weighted by Gasteiger charge is -2.12. The van der Waals surface area contributed by atoms with Crippen molar-refractivity contribution in [3.63, 3.8) is 0 Å². The summed E-state index contributed by atoms with van der Waals surface area (Å²) in [6, 6.07) is 4.05. The fourth-order valence-electron chi connectivity index (χ4n) is 2.41. The van der Waals surface area contributed by atoms with Crippen molar-refractivity contribution in [2.45, 2.75) is 12.5 Å². The van der Waals surface area contributed by atoms with E-state index in [4.69, 9.17) is 0 Å². The standard InChI is InChI=1S/C12H12FN3O2/c13-9-3-1-2-8-10(9)15-12(18)16(11(8)17)7-4-5-14-6-7/h1-3,7,14H,4-6H2,(H,15,18). The van der Waals surface area contributed by atoms with Gasteiger partial charge in [0.15, 0.2) is 0 Å². The molecular formula is C12H12FN3O2. The van der Waals surface area contributed by atoms with Gasteiger partial charge in [0.2, 0.25) is 0 Å². The first-order valence-corrected chi connectivity index (χ1v) is 5.82. The Labute approximate surface area is 101 Å². The van der Waals surface area contributed by atoms with Crippen LogP contribution in [0.5, 0.6) is 0 Å². The Balaban J connectivity index is 2.34. The number of nitrogens with one attached hydrogen (secondary N) is 2. The third-order valence-electron chi connectivity index (χ3n) is 3.31. The van der Waals surface area contributed by atoms with Crippen molar-refractivity contribution in [3.8, 4) is 0 Å². The molecule has 1 unspecified atom stereocenters. The van der Waals surface area contributed by atoms with E-state index in [-0.39, 0.29) is 16.9 Å². The minimum absolute atomic E-state index is 0.0188. The van der Waals surface area contributed by atoms with Gasteiger partial charge in [-0.15, -0.1) is 0 Å². The highest BCUT2D eigenvalue weighted by molar-refractivity contribution is 5.77. The van der Waals surface area contributed by atoms with Crippen molar-refractivity contribution in [1.29, 1.82) is 0 Å². The lowest BCUT2D eigenvalue weighted by molar-refractivity contribution is 0.506. The maximum absolute atomic E-state index is 13.5. The summed E-state index contributed by atoms with van der Waals surface area (Å²) in [6.45, 7) is 1.36. The Kier molecular flexibility index (Phi) is 2.52. The molecule has 1 saturated heterocycles. The number of para-hydroxylation sites is 1. The number of H-pyrrole nitrogens is 1. The molecule has 2 N–H and O–H groups in total. The molecule has 1 aliphatic rings. The van der Waals surface area contributed by atoms with Gasteiger partial charge in [0.25, 0.3) is 5.56 Å². The summed E-state index contributed by atoms with van der Waals surface area (Å²) in [7, 11) is 0. The fraction of sp³-hybridized carbons (Fsp3) is 0.333. The van der Waals surface area contributed by atoms with Crippen LogP contribution in [-0.4, -0.2) is 22.6 Å². The zero-order valence-electron chi connectivity index (χ0n) is 9.57. The Hall–Kier alpha value is -1.95. The van der Waals surface area contributed by atoms with E-state index < -0.39 is 17.1 Å². The molecule has 0 saturated carbocycles. The molecule has 0 radical (unpaired) electrons. The van der Waals surface area contributed by atoms with Crippen molar-refractivity contribution in [1.82, 2.24) is 14.9 Å². The van der Waals surface area contributed by atoms with Crippen LogP contribution in [0.4, 0.5) is 4.39 Å². The average molecular weight is 249 g/mol. The number of rotatable bonds is 1. The highest BCUT2D eigenvalue weighted by Gasteiger charge is 2.21. The molecule has 1 atom stereocenters. The minimum atomic E-state index is -0.585. The smallest absolute Gasteiger partial charge is 0.315 e. The molecule has 0 amide bonds. The molecule has 2 heterocycles. The van der Waals surface area contributed by atoms with Crippen LogP contribution in [0.15, 0.2) is 27.8 Å². The first-order chi connectivity index (χ1) is 8.68. The number of aromatic amines is 1. The van der Waals surface area contributed by atoms with Crippen LogP contribution in [0.1, 0.15) is 12.5 Å². The highest BCUT2D eigenvalue weighted by atomic mass is 19.1. The van der Waals surface area contributed by atoms with Crippen molar-refractivity contribution in [2.75, 3.05) is 13.1 Å². The topological polar surface area (TPSA) is 66.9 Å². The molecule has 1 aromatic carbocycles. The van der Waals surface area contributed by atoms with Crippen LogP contribution < -0.4 is 16.6 Å². The van der Waals surface area contributed by atoms with Crippen LogP contribution in [-0.2, 0) is 0 Å². The SMILES string of the molecule is O=c1[nH]c2c(F)cccc2c(=O)n1C1CCNC1. The summed E-state index contributed by atoms with van der Waals surface area (Å²) in [5.74, 6) is -0.585. The molecule has 0 aliphatic carbocycles. The molecule has 0 spiro atoms. The lowest BCUT2D eigenvalue weighted by Crippen LogP contribution is -2.39. The number of hydrogen-bond donors (Lipinski definition) is 2. The summed E-state index contributed by atoms with van der Waals surface area (Å²) < 4.78 is 14.7. The van der Waals surface area contributed by atoms with E-state index in [1.807, 2.05) is 0 Å². The molecule has 0 bridgehead atoms. The van der Waals surface area contributed by atoms with E-state index in [0.717, 1.165) is 13.0 Å². The second kappa shape index (κ2) is 4.06. The van der Waals surface area contributed by atoms with Gasteiger partial charge >= 0.3 is 5.69 Å². The summed E-state index contributed by atoms with van der Waals surface area (Å²) in [5.41, 5.74) is -0.997. The van der Waals surface area contributed by atoms with Gasteiger partial charge in [0, 0.05) is 6.54 Å². The molecule has 6 heteroatoms. The number of nitrogens with zero attached hydrogens (tertiary/aromatic N) is 1. The molecule has 3 rings (SSSR count). The number of halogens is 1. The molecule has 5 nitrogen and oxygen atoms in total. The summed E-state index contributed by atoms with van der Waals surface area (Å²) >= 11 is 0. The third kappa shape index (κ3) is 1.57. The summed E-state index contributed by atoms with van der Waals surface area (Å²) in [4.78, 5) is 26.6. The van der Waals surface area contributed by atoms with E-state index in [1.165, 1.54) is 22.8 Å². The first kappa shape index (κ1) is 11.2. The van der Waals surface area contributed by atoms with Crippen molar-refractivity contribution < 1.29 is 4.39 Å². The van der Waals surface area contributed by atoms with Gasteiger partial charge in [-0.25, -0.2) is 9.18 Å². The van der Waals surface area contributed by atoms with Crippen LogP contribution in [0.3, 0.4) is 0 Å². The van der Waals surface area contributed by atoms with Crippen molar-refractivity contribution >= 4 is 10.9 Å². The molecule has 1 fully saturated rings. The van der Waals surface area contributed by atoms with Gasteiger partial charge in [-0.2, -0.15) is 0 Å². The van der Waals surface area contributed by atoms with Crippen LogP contribution in [0.2, 0.25) is 0 Å². The van der Waals surface area contributed by atoms with E-state index in [2.05, 4.69) is 10.3 Å². The number of fused-ring (bicyclic) bond motifs is 1. The van der Waals surface area contributed by atoms with Gasteiger partial charge in [0.1, 0.15) is 5.82 Å². The van der Waals surface area contributed by atoms with Crippen LogP contribution >= 0.6 is 0 Å². The molecule has 94 valence electrons. The molecule has 2 aromatic rings. The van der Waals surface area contributed by atoms with Crippen molar-refractivity contribution in [2.24, 2.45) is 0 Å².